The molecule has 28 heteroatoms. The van der Waals surface area contributed by atoms with E-state index in [0.29, 0.717) is 16.8 Å². The number of aliphatic carboxylic acids is 1. The second-order valence-electron chi connectivity index (χ2n) is 19.7. The molecule has 0 spiro atoms. The second-order valence-corrected chi connectivity index (χ2v) is 22.3. The second kappa shape index (κ2) is 32.2. The molecule has 1 aliphatic rings. The number of amides is 8. The Labute approximate surface area is 486 Å². The third-order valence-electron chi connectivity index (χ3n) is 13.2. The van der Waals surface area contributed by atoms with Gasteiger partial charge in [0.1, 0.15) is 36.3 Å². The molecule has 18 N–H and O–H groups in total. The number of aromatic amines is 2. The third kappa shape index (κ3) is 20.5. The van der Waals surface area contributed by atoms with Gasteiger partial charge in [0, 0.05) is 79.3 Å². The predicted octanol–water partition coefficient (Wildman–Crippen LogP) is -1.31. The highest BCUT2D eigenvalue weighted by Crippen LogP contribution is 2.24. The SMILES string of the molecule is C[C@@H](O)[C@H](NC(=O)[C@H]1CSSC[C@H](NC(=O)[C@H](N)Cc2ccccc2)C(=O)N[C@@H](Cc2cnc[nH]2)C(=O)N[C@H](Cc2ccccc2)C(=O)N[C@@H](CCCN=C(N)N)C(=O)N[C@@H](Cc2c[nH]c3ccccc23)C(=O)NCCCC(=O)N1)C(=O)O. The number of para-hydroxylation sites is 1. The molecule has 83 heavy (non-hydrogen) atoms. The molecule has 3 heterocycles. The van der Waals surface area contributed by atoms with E-state index in [1.807, 2.05) is 24.3 Å². The van der Waals surface area contributed by atoms with Gasteiger partial charge in [0.25, 0.3) is 0 Å². The first-order valence-electron chi connectivity index (χ1n) is 26.8. The van der Waals surface area contributed by atoms with Gasteiger partial charge in [-0.25, -0.2) is 9.78 Å². The monoisotopic (exact) mass is 1180 g/mol. The first-order chi connectivity index (χ1) is 39.8. The van der Waals surface area contributed by atoms with Crippen molar-refractivity contribution in [2.24, 2.45) is 22.2 Å². The van der Waals surface area contributed by atoms with Crippen LogP contribution in [-0.4, -0.2) is 163 Å². The number of nitrogens with two attached hydrogens (primary N) is 3. The molecule has 0 radical (unpaired) electrons. The summed E-state index contributed by atoms with van der Waals surface area (Å²) in [7, 11) is 1.97. The van der Waals surface area contributed by atoms with E-state index in [0.717, 1.165) is 38.1 Å². The smallest absolute Gasteiger partial charge is 0.328 e. The summed E-state index contributed by atoms with van der Waals surface area (Å²) in [5.41, 5.74) is 20.8. The number of imidazole rings is 1. The number of benzene rings is 3. The first kappa shape index (κ1) is 63.7. The topological polar surface area (TPSA) is 425 Å². The molecule has 0 saturated carbocycles. The van der Waals surface area contributed by atoms with Crippen LogP contribution in [-0.2, 0) is 68.8 Å². The van der Waals surface area contributed by atoms with Crippen LogP contribution in [0.3, 0.4) is 0 Å². The average Bonchev–Trinajstić information content (AvgIpc) is 4.25. The molecular weight excluding hydrogens is 1110 g/mol. The van der Waals surface area contributed by atoms with Gasteiger partial charge in [-0.2, -0.15) is 0 Å². The lowest BCUT2D eigenvalue weighted by atomic mass is 10.0. The van der Waals surface area contributed by atoms with Gasteiger partial charge in [-0.05, 0) is 55.4 Å². The minimum atomic E-state index is -1.75. The molecule has 1 fully saturated rings. The van der Waals surface area contributed by atoms with Crippen LogP contribution in [0, 0.1) is 0 Å². The Morgan fingerprint density at radius 1 is 0.747 bits per heavy atom. The average molecular weight is 1180 g/mol. The Hall–Kier alpha value is -8.47. The van der Waals surface area contributed by atoms with Crippen LogP contribution in [0.4, 0.5) is 0 Å². The molecule has 5 aromatic rings. The lowest BCUT2D eigenvalue weighted by Crippen LogP contribution is -2.60. The van der Waals surface area contributed by atoms with Gasteiger partial charge in [-0.1, -0.05) is 100 Å². The number of carbonyl (C=O) groups is 9. The predicted molar refractivity (Wildman–Crippen MR) is 312 cm³/mol. The maximum atomic E-state index is 14.8. The minimum absolute atomic E-state index is 0.0231. The third-order valence-corrected chi connectivity index (χ3v) is 15.7. The van der Waals surface area contributed by atoms with Gasteiger partial charge >= 0.3 is 5.97 Å². The molecule has 0 unspecified atom stereocenters. The highest BCUT2D eigenvalue weighted by atomic mass is 33.1. The van der Waals surface area contributed by atoms with Crippen molar-refractivity contribution < 1.29 is 53.4 Å². The van der Waals surface area contributed by atoms with Crippen LogP contribution in [0.2, 0.25) is 0 Å². The summed E-state index contributed by atoms with van der Waals surface area (Å²) in [6.07, 6.45) is 2.60. The number of hydrogen-bond donors (Lipinski definition) is 15. The number of hydrogen-bond acceptors (Lipinski definition) is 15. The Kier molecular flexibility index (Phi) is 24.7. The van der Waals surface area contributed by atoms with Crippen LogP contribution in [0.5, 0.6) is 0 Å². The van der Waals surface area contributed by atoms with Crippen LogP contribution < -0.4 is 59.7 Å². The Morgan fingerprint density at radius 2 is 1.36 bits per heavy atom. The van der Waals surface area contributed by atoms with E-state index in [1.165, 1.54) is 19.4 Å². The number of rotatable bonds is 18. The van der Waals surface area contributed by atoms with Crippen molar-refractivity contribution in [2.75, 3.05) is 24.6 Å². The number of carbonyl (C=O) groups excluding carboxylic acids is 8. The van der Waals surface area contributed by atoms with Gasteiger partial charge in [-0.15, -0.1) is 0 Å². The summed E-state index contributed by atoms with van der Waals surface area (Å²) in [4.78, 5) is 140. The number of aromatic nitrogens is 3. The number of aliphatic hydroxyl groups excluding tert-OH is 1. The summed E-state index contributed by atoms with van der Waals surface area (Å²) in [6.45, 7) is 1.13. The summed E-state index contributed by atoms with van der Waals surface area (Å²) in [5.74, 6) is -8.51. The van der Waals surface area contributed by atoms with E-state index < -0.39 is 108 Å². The van der Waals surface area contributed by atoms with Crippen LogP contribution in [0.1, 0.15) is 55.0 Å². The fourth-order valence-electron chi connectivity index (χ4n) is 8.81. The van der Waals surface area contributed by atoms with Crippen molar-refractivity contribution in [1.82, 2.24) is 57.5 Å². The fraction of sp³-hybridized carbons (Fsp3) is 0.400. The molecule has 444 valence electrons. The van der Waals surface area contributed by atoms with Gasteiger partial charge in [0.15, 0.2) is 12.0 Å². The Morgan fingerprint density at radius 3 is 2.02 bits per heavy atom. The van der Waals surface area contributed by atoms with Crippen molar-refractivity contribution in [2.45, 2.75) is 113 Å². The maximum absolute atomic E-state index is 14.8. The summed E-state index contributed by atoms with van der Waals surface area (Å²) >= 11 is 0. The van der Waals surface area contributed by atoms with Crippen molar-refractivity contribution in [3.05, 3.63) is 126 Å². The zero-order valence-electron chi connectivity index (χ0n) is 45.5. The molecule has 0 bridgehead atoms. The maximum Gasteiger partial charge on any atom is 0.328 e. The van der Waals surface area contributed by atoms with Crippen molar-refractivity contribution in [1.29, 1.82) is 0 Å². The zero-order valence-corrected chi connectivity index (χ0v) is 47.1. The van der Waals surface area contributed by atoms with Crippen molar-refractivity contribution in [3.8, 4) is 0 Å². The number of fused-ring (bicyclic) bond motifs is 1. The Bertz CT molecular complexity index is 3020. The molecule has 9 atom stereocenters. The van der Waals surface area contributed by atoms with Crippen molar-refractivity contribution >= 4 is 91.7 Å². The summed E-state index contributed by atoms with van der Waals surface area (Å²) in [6, 6.07) is 13.7. The number of carboxylic acids is 1. The quantitative estimate of drug-likeness (QED) is 0.0210. The molecule has 6 rings (SSSR count). The lowest BCUT2D eigenvalue weighted by molar-refractivity contribution is -0.145. The lowest BCUT2D eigenvalue weighted by Gasteiger charge is -2.27. The van der Waals surface area contributed by atoms with E-state index in [4.69, 9.17) is 17.2 Å². The van der Waals surface area contributed by atoms with Crippen LogP contribution in [0.25, 0.3) is 10.9 Å². The number of carboxylic acid groups (broad SMARTS) is 1. The zero-order chi connectivity index (χ0) is 59.8. The molecule has 2 aromatic heterocycles. The van der Waals surface area contributed by atoms with Crippen LogP contribution >= 0.6 is 21.6 Å². The number of nitrogens with one attached hydrogen (secondary N) is 10. The van der Waals surface area contributed by atoms with Crippen LogP contribution in [0.15, 0.2) is 109 Å². The van der Waals surface area contributed by atoms with E-state index in [1.54, 1.807) is 66.9 Å². The van der Waals surface area contributed by atoms with Crippen molar-refractivity contribution in [3.63, 3.8) is 0 Å². The van der Waals surface area contributed by atoms with Gasteiger partial charge in [-0.3, -0.25) is 43.3 Å². The number of aliphatic hydroxyl groups is 1. The molecule has 8 amide bonds. The molecule has 3 aromatic carbocycles. The normalized spacial score (nSPS) is 21.3. The summed E-state index contributed by atoms with van der Waals surface area (Å²) in [5, 5.41) is 42.2. The van der Waals surface area contributed by atoms with E-state index >= 15 is 0 Å². The van der Waals surface area contributed by atoms with E-state index in [2.05, 4.69) is 62.5 Å². The summed E-state index contributed by atoms with van der Waals surface area (Å²) < 4.78 is 0. The minimum Gasteiger partial charge on any atom is -0.480 e. The highest BCUT2D eigenvalue weighted by Gasteiger charge is 2.35. The van der Waals surface area contributed by atoms with E-state index in [-0.39, 0.29) is 81.9 Å². The van der Waals surface area contributed by atoms with E-state index in [9.17, 15) is 53.4 Å². The standard InChI is InChI=1S/C55H71N15O11S2/c1-31(71)46(54(80)81)70-53(79)43-28-82-83-29-44(69-47(73)37(56)22-32-12-4-2-5-13-32)52(78)68-42(25-35-27-59-30-63-35)51(77)66-40(23-33-14-6-3-7-15-33)50(76)65-39(18-10-21-61-55(57)58)49(75)67-41(48(74)60-20-11-19-45(72)64-43)24-34-26-62-38-17-9-8-16-36(34)38/h2-9,12-17,26-27,30-31,37,39-44,46,62,71H,10-11,18-25,28-29,56H2,1H3,(H,59,63)(H,60,74)(H,64,72)(H,65,76)(H,66,77)(H,67,75)(H,68,78)(H,69,73)(H,70,79)(H,80,81)(H4,57,58,61)/t31-,37-,39+,40-,41+,42+,43-,44+,46+/m1/s1. The fourth-order valence-corrected chi connectivity index (χ4v) is 11.1. The molecular formula is C55H71N15O11S2. The van der Waals surface area contributed by atoms with Gasteiger partial charge in [0.2, 0.25) is 47.3 Å². The molecule has 0 aliphatic carbocycles. The number of aliphatic imine (C=N–C) groups is 1. The highest BCUT2D eigenvalue weighted by molar-refractivity contribution is 8.76. The van der Waals surface area contributed by atoms with Gasteiger partial charge < -0.3 is 79.9 Å². The number of nitrogens with zero attached hydrogens (tertiary/aromatic N) is 2. The number of guanidine groups is 1. The first-order valence-corrected chi connectivity index (χ1v) is 29.3. The molecule has 26 nitrogen and oxygen atoms in total. The molecule has 1 aliphatic heterocycles. The number of H-pyrrole nitrogens is 2. The molecule has 1 saturated heterocycles. The Balaban J connectivity index is 1.37. The van der Waals surface area contributed by atoms with Gasteiger partial charge in [0.05, 0.1) is 18.5 Å². The largest absolute Gasteiger partial charge is 0.480 e.